The van der Waals surface area contributed by atoms with Gasteiger partial charge in [0.15, 0.2) is 0 Å². The van der Waals surface area contributed by atoms with Crippen LogP contribution < -0.4 is 5.73 Å². The van der Waals surface area contributed by atoms with Gasteiger partial charge in [-0.05, 0) is 0 Å². The Hall–Kier alpha value is -1.27. The summed E-state index contributed by atoms with van der Waals surface area (Å²) in [5, 5.41) is 24.7. The summed E-state index contributed by atoms with van der Waals surface area (Å²) in [5.74, 6) is 0.0947. The van der Waals surface area contributed by atoms with Crippen molar-refractivity contribution in [1.29, 1.82) is 0 Å². The van der Waals surface area contributed by atoms with Gasteiger partial charge in [0, 0.05) is 6.42 Å². The highest BCUT2D eigenvalue weighted by Gasteiger charge is 2.05. The molecule has 6 nitrogen and oxygen atoms in total. The van der Waals surface area contributed by atoms with Crippen molar-refractivity contribution in [2.45, 2.75) is 12.5 Å². The average molecular weight is 170 g/mol. The molecule has 0 saturated heterocycles. The van der Waals surface area contributed by atoms with Crippen molar-refractivity contribution >= 4 is 5.95 Å². The van der Waals surface area contributed by atoms with Crippen molar-refractivity contribution < 1.29 is 10.2 Å². The number of hydrogen-bond acceptors (Lipinski definition) is 6. The van der Waals surface area contributed by atoms with Gasteiger partial charge in [-0.15, -0.1) is 5.10 Å². The van der Waals surface area contributed by atoms with Crippen LogP contribution in [0, 0.1) is 0 Å². The van der Waals surface area contributed by atoms with Crippen molar-refractivity contribution in [3.63, 3.8) is 0 Å². The lowest BCUT2D eigenvalue weighted by molar-refractivity contribution is 0.0945. The van der Waals surface area contributed by atoms with Crippen LogP contribution in [0.25, 0.3) is 0 Å². The van der Waals surface area contributed by atoms with E-state index >= 15 is 0 Å². The van der Waals surface area contributed by atoms with E-state index in [1.807, 2.05) is 0 Å². The van der Waals surface area contributed by atoms with Crippen LogP contribution in [0.1, 0.15) is 5.69 Å². The second kappa shape index (κ2) is 3.93. The molecule has 0 aromatic carbocycles. The van der Waals surface area contributed by atoms with E-state index < -0.39 is 6.10 Å². The second-order valence-electron chi connectivity index (χ2n) is 2.35. The molecule has 0 aliphatic rings. The molecule has 1 atom stereocenters. The normalized spacial score (nSPS) is 12.8. The fraction of sp³-hybridized carbons (Fsp3) is 0.500. The van der Waals surface area contributed by atoms with Crippen LogP contribution in [0.15, 0.2) is 6.20 Å². The van der Waals surface area contributed by atoms with Crippen LogP contribution in [0.3, 0.4) is 0 Å². The van der Waals surface area contributed by atoms with Gasteiger partial charge in [0.1, 0.15) is 0 Å². The summed E-state index contributed by atoms with van der Waals surface area (Å²) < 4.78 is 0. The Balaban J connectivity index is 2.58. The first kappa shape index (κ1) is 8.82. The summed E-state index contributed by atoms with van der Waals surface area (Å²) in [6.07, 6.45) is 0.836. The molecule has 0 bridgehead atoms. The smallest absolute Gasteiger partial charge is 0.240 e. The Labute approximate surface area is 69.1 Å². The van der Waals surface area contributed by atoms with E-state index in [0.717, 1.165) is 0 Å². The number of nitrogens with two attached hydrogens (primary N) is 1. The topological polar surface area (TPSA) is 105 Å². The van der Waals surface area contributed by atoms with Crippen LogP contribution in [0.4, 0.5) is 5.95 Å². The van der Waals surface area contributed by atoms with Crippen LogP contribution in [0.2, 0.25) is 0 Å². The molecule has 0 saturated carbocycles. The molecule has 0 spiro atoms. The molecule has 1 aromatic heterocycles. The van der Waals surface area contributed by atoms with E-state index in [1.54, 1.807) is 0 Å². The monoisotopic (exact) mass is 170 g/mol. The number of aromatic nitrogens is 3. The molecule has 0 radical (unpaired) electrons. The number of rotatable bonds is 3. The Kier molecular flexibility index (Phi) is 2.89. The van der Waals surface area contributed by atoms with Gasteiger partial charge < -0.3 is 15.9 Å². The molecule has 1 aromatic rings. The van der Waals surface area contributed by atoms with E-state index in [9.17, 15) is 0 Å². The Morgan fingerprint density at radius 2 is 2.25 bits per heavy atom. The zero-order valence-corrected chi connectivity index (χ0v) is 6.38. The third-order valence-electron chi connectivity index (χ3n) is 1.28. The standard InChI is InChI=1S/C6H10N4O2/c7-6-8-2-4(9-10-6)1-5(12)3-11/h2,5,11-12H,1,3H2,(H2,7,8,10)/t5-/m0/s1. The van der Waals surface area contributed by atoms with Crippen LogP contribution in [-0.4, -0.2) is 38.1 Å². The Bertz CT molecular complexity index is 238. The largest absolute Gasteiger partial charge is 0.394 e. The minimum Gasteiger partial charge on any atom is -0.394 e. The maximum atomic E-state index is 9.00. The van der Waals surface area contributed by atoms with Crippen LogP contribution in [-0.2, 0) is 6.42 Å². The zero-order valence-electron chi connectivity index (χ0n) is 6.38. The summed E-state index contributed by atoms with van der Waals surface area (Å²) in [6, 6.07) is 0. The number of anilines is 1. The third kappa shape index (κ3) is 2.40. The molecule has 4 N–H and O–H groups in total. The SMILES string of the molecule is Nc1ncc(C[C@H](O)CO)nn1. The molecular weight excluding hydrogens is 160 g/mol. The molecule has 0 fully saturated rings. The van der Waals surface area contributed by atoms with E-state index in [2.05, 4.69) is 15.2 Å². The van der Waals surface area contributed by atoms with Gasteiger partial charge in [-0.1, -0.05) is 0 Å². The highest BCUT2D eigenvalue weighted by molar-refractivity contribution is 5.11. The fourth-order valence-electron chi connectivity index (χ4n) is 0.707. The van der Waals surface area contributed by atoms with Gasteiger partial charge >= 0.3 is 0 Å². The van der Waals surface area contributed by atoms with Crippen LogP contribution in [0.5, 0.6) is 0 Å². The number of aliphatic hydroxyl groups excluding tert-OH is 2. The zero-order chi connectivity index (χ0) is 8.97. The summed E-state index contributed by atoms with van der Waals surface area (Å²) in [7, 11) is 0. The minimum absolute atomic E-state index is 0.0947. The first-order valence-corrected chi connectivity index (χ1v) is 3.45. The molecular formula is C6H10N4O2. The Morgan fingerprint density at radius 3 is 2.75 bits per heavy atom. The van der Waals surface area contributed by atoms with E-state index in [0.29, 0.717) is 5.69 Å². The van der Waals surface area contributed by atoms with Gasteiger partial charge in [-0.2, -0.15) is 5.10 Å². The Morgan fingerprint density at radius 1 is 1.50 bits per heavy atom. The molecule has 66 valence electrons. The lowest BCUT2D eigenvalue weighted by Crippen LogP contribution is -2.16. The quantitative estimate of drug-likeness (QED) is 0.502. The second-order valence-corrected chi connectivity index (χ2v) is 2.35. The van der Waals surface area contributed by atoms with Crippen molar-refractivity contribution in [3.05, 3.63) is 11.9 Å². The van der Waals surface area contributed by atoms with Gasteiger partial charge in [-0.25, -0.2) is 4.98 Å². The minimum atomic E-state index is -0.815. The molecule has 12 heavy (non-hydrogen) atoms. The third-order valence-corrected chi connectivity index (χ3v) is 1.28. The summed E-state index contributed by atoms with van der Waals surface area (Å²) >= 11 is 0. The van der Waals surface area contributed by atoms with Crippen molar-refractivity contribution in [2.75, 3.05) is 12.3 Å². The molecule has 1 rings (SSSR count). The van der Waals surface area contributed by atoms with E-state index in [4.69, 9.17) is 15.9 Å². The highest BCUT2D eigenvalue weighted by atomic mass is 16.3. The summed E-state index contributed by atoms with van der Waals surface area (Å²) in [4.78, 5) is 3.68. The van der Waals surface area contributed by atoms with Gasteiger partial charge in [0.2, 0.25) is 5.95 Å². The van der Waals surface area contributed by atoms with Crippen molar-refractivity contribution in [3.8, 4) is 0 Å². The maximum Gasteiger partial charge on any atom is 0.240 e. The first-order valence-electron chi connectivity index (χ1n) is 3.45. The first-order chi connectivity index (χ1) is 5.72. The molecule has 0 aliphatic carbocycles. The van der Waals surface area contributed by atoms with Gasteiger partial charge in [-0.3, -0.25) is 0 Å². The molecule has 1 heterocycles. The fourth-order valence-corrected chi connectivity index (χ4v) is 0.707. The highest BCUT2D eigenvalue weighted by Crippen LogP contribution is 1.97. The lowest BCUT2D eigenvalue weighted by Gasteiger charge is -2.04. The van der Waals surface area contributed by atoms with Gasteiger partial charge in [0.25, 0.3) is 0 Å². The molecule has 0 amide bonds. The molecule has 6 heteroatoms. The number of aliphatic hydroxyl groups is 2. The number of nitrogen functional groups attached to an aromatic ring is 1. The predicted octanol–water partition coefficient (Wildman–Crippen LogP) is -1.65. The number of nitrogens with zero attached hydrogens (tertiary/aromatic N) is 3. The molecule has 0 aliphatic heterocycles. The van der Waals surface area contributed by atoms with Crippen molar-refractivity contribution in [2.24, 2.45) is 0 Å². The summed E-state index contributed by atoms with van der Waals surface area (Å²) in [6.45, 7) is -0.300. The lowest BCUT2D eigenvalue weighted by atomic mass is 10.2. The van der Waals surface area contributed by atoms with Crippen LogP contribution >= 0.6 is 0 Å². The number of hydrogen-bond donors (Lipinski definition) is 3. The molecule has 0 unspecified atom stereocenters. The average Bonchev–Trinajstić information content (AvgIpc) is 2.09. The predicted molar refractivity (Wildman–Crippen MR) is 41.0 cm³/mol. The van der Waals surface area contributed by atoms with Gasteiger partial charge in [0.05, 0.1) is 24.6 Å². The van der Waals surface area contributed by atoms with E-state index in [-0.39, 0.29) is 19.0 Å². The summed E-state index contributed by atoms with van der Waals surface area (Å²) in [5.41, 5.74) is 5.70. The maximum absolute atomic E-state index is 9.00. The van der Waals surface area contributed by atoms with Crippen molar-refractivity contribution in [1.82, 2.24) is 15.2 Å². The van der Waals surface area contributed by atoms with E-state index in [1.165, 1.54) is 6.20 Å².